The van der Waals surface area contributed by atoms with Crippen LogP contribution in [0.2, 0.25) is 0 Å². The molecule has 0 aliphatic rings. The molecule has 0 atom stereocenters. The van der Waals surface area contributed by atoms with Gasteiger partial charge in [0.2, 0.25) is 0 Å². The first-order chi connectivity index (χ1) is 3.31. The predicted molar refractivity (Wildman–Crippen MR) is 31.0 cm³/mol. The highest BCUT2D eigenvalue weighted by molar-refractivity contribution is 9.11. The smallest absolute Gasteiger partial charge is 0.196 e. The van der Waals surface area contributed by atoms with E-state index in [1.54, 1.807) is 14.2 Å². The lowest BCUT2D eigenvalue weighted by Gasteiger charge is -1.92. The normalized spacial score (nSPS) is 11.0. The molecule has 0 aromatic carbocycles. The lowest BCUT2D eigenvalue weighted by atomic mass is 11.0. The summed E-state index contributed by atoms with van der Waals surface area (Å²) in [5.74, 6) is 0. The summed E-state index contributed by atoms with van der Waals surface area (Å²) in [7, 11) is 3.11. The van der Waals surface area contributed by atoms with E-state index in [0.29, 0.717) is 4.67 Å². The molecule has 0 aromatic rings. The fourth-order valence-electron chi connectivity index (χ4n) is 0.141. The largest absolute Gasteiger partial charge is 0.500 e. The van der Waals surface area contributed by atoms with Crippen LogP contribution >= 0.6 is 15.9 Å². The van der Waals surface area contributed by atoms with Gasteiger partial charge in [-0.2, -0.15) is 0 Å². The maximum Gasteiger partial charge on any atom is 0.196 e. The van der Waals surface area contributed by atoms with Gasteiger partial charge in [-0.1, -0.05) is 0 Å². The van der Waals surface area contributed by atoms with Gasteiger partial charge in [-0.05, 0) is 15.9 Å². The first kappa shape index (κ1) is 6.82. The van der Waals surface area contributed by atoms with Crippen LogP contribution in [0.5, 0.6) is 0 Å². The second kappa shape index (κ2) is 3.99. The fourth-order valence-corrected chi connectivity index (χ4v) is 0.328. The summed E-state index contributed by atoms with van der Waals surface area (Å²) in [6, 6.07) is 0. The monoisotopic (exact) mass is 166 g/mol. The first-order valence-corrected chi connectivity index (χ1v) is 2.53. The topological polar surface area (TPSA) is 18.5 Å². The predicted octanol–water partition coefficient (Wildman–Crippen LogP) is 1.47. The second-order valence-corrected chi connectivity index (χ2v) is 1.64. The van der Waals surface area contributed by atoms with E-state index in [9.17, 15) is 0 Å². The SMILES string of the molecule is CO/C=C(\Br)OC. The molecule has 0 fully saturated rings. The van der Waals surface area contributed by atoms with E-state index in [1.807, 2.05) is 0 Å². The van der Waals surface area contributed by atoms with Gasteiger partial charge in [0.05, 0.1) is 14.2 Å². The van der Waals surface area contributed by atoms with Crippen molar-refractivity contribution in [2.75, 3.05) is 14.2 Å². The van der Waals surface area contributed by atoms with Gasteiger partial charge in [0.15, 0.2) is 4.67 Å². The maximum absolute atomic E-state index is 4.64. The summed E-state index contributed by atoms with van der Waals surface area (Å²) in [5, 5.41) is 0. The van der Waals surface area contributed by atoms with Crippen molar-refractivity contribution >= 4 is 15.9 Å². The summed E-state index contributed by atoms with van der Waals surface area (Å²) in [5.41, 5.74) is 0. The number of halogens is 1. The zero-order chi connectivity index (χ0) is 5.70. The molecule has 0 radical (unpaired) electrons. The third kappa shape index (κ3) is 3.66. The van der Waals surface area contributed by atoms with Crippen molar-refractivity contribution in [3.05, 3.63) is 10.9 Å². The van der Waals surface area contributed by atoms with E-state index in [2.05, 4.69) is 25.4 Å². The minimum atomic E-state index is 0.593. The van der Waals surface area contributed by atoms with Crippen LogP contribution in [0.15, 0.2) is 10.9 Å². The highest BCUT2D eigenvalue weighted by Crippen LogP contribution is 2.02. The zero-order valence-corrected chi connectivity index (χ0v) is 5.86. The summed E-state index contributed by atoms with van der Waals surface area (Å²) >= 11 is 3.05. The molecule has 0 aliphatic carbocycles. The summed E-state index contributed by atoms with van der Waals surface area (Å²) < 4.78 is 9.80. The highest BCUT2D eigenvalue weighted by atomic mass is 79.9. The van der Waals surface area contributed by atoms with Crippen molar-refractivity contribution < 1.29 is 9.47 Å². The van der Waals surface area contributed by atoms with Gasteiger partial charge >= 0.3 is 0 Å². The second-order valence-electron chi connectivity index (χ2n) is 0.862. The lowest BCUT2D eigenvalue weighted by Crippen LogP contribution is -1.74. The standard InChI is InChI=1S/C4H7BrO2/c1-6-3-4(5)7-2/h3H,1-2H3/b4-3+. The maximum atomic E-state index is 4.64. The Labute approximate surface area is 51.2 Å². The minimum Gasteiger partial charge on any atom is -0.500 e. The van der Waals surface area contributed by atoms with Crippen LogP contribution in [-0.2, 0) is 9.47 Å². The molecule has 2 nitrogen and oxygen atoms in total. The Bertz CT molecular complexity index is 70.1. The Morgan fingerprint density at radius 1 is 1.57 bits per heavy atom. The average Bonchev–Trinajstić information content (AvgIpc) is 1.68. The van der Waals surface area contributed by atoms with Crippen molar-refractivity contribution in [3.63, 3.8) is 0 Å². The molecule has 0 aliphatic heterocycles. The molecule has 0 heterocycles. The Hall–Kier alpha value is -0.180. The fraction of sp³-hybridized carbons (Fsp3) is 0.500. The van der Waals surface area contributed by atoms with Crippen molar-refractivity contribution in [1.82, 2.24) is 0 Å². The minimum absolute atomic E-state index is 0.593. The Morgan fingerprint density at radius 3 is 2.29 bits per heavy atom. The molecule has 0 spiro atoms. The molecule has 0 N–H and O–H groups in total. The van der Waals surface area contributed by atoms with Crippen molar-refractivity contribution in [2.24, 2.45) is 0 Å². The van der Waals surface area contributed by atoms with Crippen LogP contribution in [0, 0.1) is 0 Å². The highest BCUT2D eigenvalue weighted by Gasteiger charge is 1.80. The number of methoxy groups -OCH3 is 2. The van der Waals surface area contributed by atoms with Crippen molar-refractivity contribution in [1.29, 1.82) is 0 Å². The quantitative estimate of drug-likeness (QED) is 0.579. The van der Waals surface area contributed by atoms with E-state index in [1.165, 1.54) is 6.26 Å². The van der Waals surface area contributed by atoms with E-state index in [-0.39, 0.29) is 0 Å². The van der Waals surface area contributed by atoms with Crippen LogP contribution in [0.1, 0.15) is 0 Å². The third-order valence-corrected chi connectivity index (χ3v) is 0.916. The van der Waals surface area contributed by atoms with Crippen LogP contribution in [0.25, 0.3) is 0 Å². The third-order valence-electron chi connectivity index (χ3n) is 0.406. The Morgan fingerprint density at radius 2 is 2.14 bits per heavy atom. The molecule has 0 aromatic heterocycles. The van der Waals surface area contributed by atoms with Gasteiger partial charge in [-0.25, -0.2) is 0 Å². The molecule has 0 saturated heterocycles. The Kier molecular flexibility index (Phi) is 3.89. The number of hydrogen-bond donors (Lipinski definition) is 0. The van der Waals surface area contributed by atoms with E-state index in [0.717, 1.165) is 0 Å². The summed E-state index contributed by atoms with van der Waals surface area (Å²) in [6.07, 6.45) is 1.46. The number of rotatable bonds is 2. The van der Waals surface area contributed by atoms with E-state index >= 15 is 0 Å². The Balaban J connectivity index is 3.29. The molecular weight excluding hydrogens is 160 g/mol. The van der Waals surface area contributed by atoms with Gasteiger partial charge in [0, 0.05) is 0 Å². The molecule has 0 bridgehead atoms. The molecular formula is C4H7BrO2. The summed E-state index contributed by atoms with van der Waals surface area (Å²) in [6.45, 7) is 0. The van der Waals surface area contributed by atoms with Crippen LogP contribution < -0.4 is 0 Å². The van der Waals surface area contributed by atoms with Crippen LogP contribution in [0.3, 0.4) is 0 Å². The first-order valence-electron chi connectivity index (χ1n) is 1.73. The van der Waals surface area contributed by atoms with Crippen molar-refractivity contribution in [3.8, 4) is 0 Å². The van der Waals surface area contributed by atoms with Crippen LogP contribution in [-0.4, -0.2) is 14.2 Å². The molecule has 0 unspecified atom stereocenters. The van der Waals surface area contributed by atoms with E-state index < -0.39 is 0 Å². The van der Waals surface area contributed by atoms with Crippen LogP contribution in [0.4, 0.5) is 0 Å². The van der Waals surface area contributed by atoms with Gasteiger partial charge in [0.1, 0.15) is 6.26 Å². The van der Waals surface area contributed by atoms with Crippen molar-refractivity contribution in [2.45, 2.75) is 0 Å². The lowest BCUT2D eigenvalue weighted by molar-refractivity contribution is 0.277. The number of ether oxygens (including phenoxy) is 2. The van der Waals surface area contributed by atoms with Gasteiger partial charge in [-0.3, -0.25) is 0 Å². The summed E-state index contributed by atoms with van der Waals surface area (Å²) in [4.78, 5) is 0. The van der Waals surface area contributed by atoms with Gasteiger partial charge < -0.3 is 9.47 Å². The van der Waals surface area contributed by atoms with Gasteiger partial charge in [0.25, 0.3) is 0 Å². The molecule has 0 rings (SSSR count). The average molecular weight is 167 g/mol. The molecule has 42 valence electrons. The number of hydrogen-bond acceptors (Lipinski definition) is 2. The van der Waals surface area contributed by atoms with E-state index in [4.69, 9.17) is 0 Å². The molecule has 3 heteroatoms. The van der Waals surface area contributed by atoms with Gasteiger partial charge in [-0.15, -0.1) is 0 Å². The molecule has 0 amide bonds. The zero-order valence-electron chi connectivity index (χ0n) is 4.27. The molecule has 7 heavy (non-hydrogen) atoms. The molecule has 0 saturated carbocycles.